The third-order valence-electron chi connectivity index (χ3n) is 3.96. The largest absolute Gasteiger partial charge is 0.492 e. The summed E-state index contributed by atoms with van der Waals surface area (Å²) in [4.78, 5) is 0. The van der Waals surface area contributed by atoms with Crippen LogP contribution in [-0.4, -0.2) is 33.5 Å². The maximum Gasteiger partial charge on any atom is 0.205 e. The monoisotopic (exact) mass is 314 g/mol. The number of halogens is 1. The molecule has 3 atom stereocenters. The predicted octanol–water partition coefficient (Wildman–Crippen LogP) is 3.72. The summed E-state index contributed by atoms with van der Waals surface area (Å²) in [6.07, 6.45) is 2.59. The molecule has 0 saturated carbocycles. The third kappa shape index (κ3) is 3.22. The van der Waals surface area contributed by atoms with Gasteiger partial charge in [0, 0.05) is 5.56 Å². The highest BCUT2D eigenvalue weighted by molar-refractivity contribution is 6.32. The van der Waals surface area contributed by atoms with E-state index in [-0.39, 0.29) is 0 Å². The summed E-state index contributed by atoms with van der Waals surface area (Å²) in [6, 6.07) is 1.89. The average Bonchev–Trinajstić information content (AvgIpc) is 3.26. The van der Waals surface area contributed by atoms with E-state index in [1.165, 1.54) is 0 Å². The molecule has 4 nitrogen and oxygen atoms in total. The first kappa shape index (κ1) is 16.2. The molecule has 0 bridgehead atoms. The lowest BCUT2D eigenvalue weighted by atomic mass is 9.95. The quantitative estimate of drug-likeness (QED) is 0.719. The van der Waals surface area contributed by atoms with Crippen LogP contribution in [0.2, 0.25) is 5.02 Å². The molecule has 2 rings (SSSR count). The van der Waals surface area contributed by atoms with Gasteiger partial charge in [-0.05, 0) is 24.8 Å². The highest BCUT2D eigenvalue weighted by Crippen LogP contribution is 2.46. The normalized spacial score (nSPS) is 21.8. The summed E-state index contributed by atoms with van der Waals surface area (Å²) in [5.74, 6) is 2.12. The first-order chi connectivity index (χ1) is 10.1. The molecule has 0 aliphatic carbocycles. The second kappa shape index (κ2) is 6.75. The van der Waals surface area contributed by atoms with E-state index in [2.05, 4.69) is 13.8 Å². The maximum absolute atomic E-state index is 6.29. The lowest BCUT2D eigenvalue weighted by Crippen LogP contribution is -2.11. The molecule has 0 N–H and O–H groups in total. The van der Waals surface area contributed by atoms with Crippen molar-refractivity contribution in [2.45, 2.75) is 38.9 Å². The van der Waals surface area contributed by atoms with Gasteiger partial charge in [-0.1, -0.05) is 25.4 Å². The Hall–Kier alpha value is -1.13. The second-order valence-corrected chi connectivity index (χ2v) is 5.75. The van der Waals surface area contributed by atoms with Gasteiger partial charge in [-0.3, -0.25) is 0 Å². The fourth-order valence-corrected chi connectivity index (χ4v) is 3.14. The van der Waals surface area contributed by atoms with Crippen LogP contribution >= 0.6 is 11.6 Å². The molecule has 1 saturated heterocycles. The van der Waals surface area contributed by atoms with E-state index in [4.69, 9.17) is 30.5 Å². The molecule has 21 heavy (non-hydrogen) atoms. The number of rotatable bonds is 7. The van der Waals surface area contributed by atoms with Gasteiger partial charge in [0.15, 0.2) is 11.5 Å². The number of hydrogen-bond acceptors (Lipinski definition) is 4. The highest BCUT2D eigenvalue weighted by atomic mass is 35.5. The fourth-order valence-electron chi connectivity index (χ4n) is 2.84. The molecular formula is C16H23ClO4. The molecule has 1 fully saturated rings. The van der Waals surface area contributed by atoms with Crippen LogP contribution in [-0.2, 0) is 11.2 Å². The molecule has 5 heteroatoms. The van der Waals surface area contributed by atoms with Crippen LogP contribution in [0.25, 0.3) is 0 Å². The molecule has 118 valence electrons. The summed E-state index contributed by atoms with van der Waals surface area (Å²) in [7, 11) is 4.78. The van der Waals surface area contributed by atoms with Crippen molar-refractivity contribution in [3.63, 3.8) is 0 Å². The lowest BCUT2D eigenvalue weighted by molar-refractivity contribution is 0.311. The Kier molecular flexibility index (Phi) is 5.22. The SMILES string of the molecule is CCC1OC1C(C)Cc1cc(Cl)c(OC)c(OC)c1OC. The topological polar surface area (TPSA) is 40.2 Å². The lowest BCUT2D eigenvalue weighted by Gasteiger charge is -2.18. The predicted molar refractivity (Wildman–Crippen MR) is 82.9 cm³/mol. The Labute approximate surface area is 131 Å². The van der Waals surface area contributed by atoms with Crippen LogP contribution in [0.15, 0.2) is 6.07 Å². The van der Waals surface area contributed by atoms with Gasteiger partial charge >= 0.3 is 0 Å². The van der Waals surface area contributed by atoms with Crippen molar-refractivity contribution in [3.8, 4) is 17.2 Å². The van der Waals surface area contributed by atoms with E-state index < -0.39 is 0 Å². The Bertz CT molecular complexity index is 504. The molecule has 0 spiro atoms. The number of methoxy groups -OCH3 is 3. The zero-order chi connectivity index (χ0) is 15.6. The molecule has 0 radical (unpaired) electrons. The van der Waals surface area contributed by atoms with Gasteiger partial charge in [-0.25, -0.2) is 0 Å². The van der Waals surface area contributed by atoms with E-state index >= 15 is 0 Å². The summed E-state index contributed by atoms with van der Waals surface area (Å²) in [6.45, 7) is 4.33. The summed E-state index contributed by atoms with van der Waals surface area (Å²) < 4.78 is 21.9. The van der Waals surface area contributed by atoms with Crippen molar-refractivity contribution >= 4 is 11.6 Å². The minimum absolute atomic E-state index is 0.326. The molecule has 0 aromatic heterocycles. The molecule has 1 aromatic carbocycles. The molecule has 0 amide bonds. The van der Waals surface area contributed by atoms with Gasteiger partial charge < -0.3 is 18.9 Å². The van der Waals surface area contributed by atoms with Crippen molar-refractivity contribution in [2.75, 3.05) is 21.3 Å². The van der Waals surface area contributed by atoms with Crippen molar-refractivity contribution in [1.29, 1.82) is 0 Å². The molecule has 1 aliphatic heterocycles. The van der Waals surface area contributed by atoms with Crippen LogP contribution in [0.5, 0.6) is 17.2 Å². The maximum atomic E-state index is 6.29. The van der Waals surface area contributed by atoms with Crippen molar-refractivity contribution in [2.24, 2.45) is 5.92 Å². The van der Waals surface area contributed by atoms with E-state index in [1.807, 2.05) is 6.07 Å². The number of epoxide rings is 1. The average molecular weight is 315 g/mol. The molecule has 3 unspecified atom stereocenters. The standard InChI is InChI=1S/C16H23ClO4/c1-6-12-13(21-12)9(2)7-10-8-11(17)15(19-4)16(20-5)14(10)18-3/h8-9,12-13H,6-7H2,1-5H3. The van der Waals surface area contributed by atoms with Crippen LogP contribution in [0, 0.1) is 5.92 Å². The van der Waals surface area contributed by atoms with Gasteiger partial charge in [0.05, 0.1) is 38.6 Å². The zero-order valence-electron chi connectivity index (χ0n) is 13.2. The van der Waals surface area contributed by atoms with Crippen LogP contribution in [0.4, 0.5) is 0 Å². The van der Waals surface area contributed by atoms with Gasteiger partial charge in [0.25, 0.3) is 0 Å². The molecule has 1 aliphatic rings. The molecule has 1 aromatic rings. The fraction of sp³-hybridized carbons (Fsp3) is 0.625. The van der Waals surface area contributed by atoms with E-state index in [0.29, 0.717) is 40.4 Å². The zero-order valence-corrected chi connectivity index (χ0v) is 14.0. The van der Waals surface area contributed by atoms with Crippen LogP contribution < -0.4 is 14.2 Å². The van der Waals surface area contributed by atoms with Crippen molar-refractivity contribution in [1.82, 2.24) is 0 Å². The summed E-state index contributed by atoms with van der Waals surface area (Å²) >= 11 is 6.29. The minimum Gasteiger partial charge on any atom is -0.492 e. The minimum atomic E-state index is 0.326. The summed E-state index contributed by atoms with van der Waals surface area (Å²) in [5.41, 5.74) is 1.01. The Morgan fingerprint density at radius 3 is 2.24 bits per heavy atom. The van der Waals surface area contributed by atoms with Gasteiger partial charge in [0.2, 0.25) is 5.75 Å². The van der Waals surface area contributed by atoms with Gasteiger partial charge in [-0.15, -0.1) is 0 Å². The van der Waals surface area contributed by atoms with Gasteiger partial charge in [-0.2, -0.15) is 0 Å². The third-order valence-corrected chi connectivity index (χ3v) is 4.24. The van der Waals surface area contributed by atoms with E-state index in [1.54, 1.807) is 21.3 Å². The summed E-state index contributed by atoms with van der Waals surface area (Å²) in [5, 5.41) is 0.529. The smallest absolute Gasteiger partial charge is 0.205 e. The first-order valence-corrected chi connectivity index (χ1v) is 7.57. The number of hydrogen-bond donors (Lipinski definition) is 0. The Morgan fingerprint density at radius 2 is 1.76 bits per heavy atom. The molecule has 1 heterocycles. The Morgan fingerprint density at radius 1 is 1.14 bits per heavy atom. The molecular weight excluding hydrogens is 292 g/mol. The number of ether oxygens (including phenoxy) is 4. The van der Waals surface area contributed by atoms with Crippen LogP contribution in [0.1, 0.15) is 25.8 Å². The van der Waals surface area contributed by atoms with E-state index in [9.17, 15) is 0 Å². The van der Waals surface area contributed by atoms with Crippen molar-refractivity contribution < 1.29 is 18.9 Å². The van der Waals surface area contributed by atoms with Crippen molar-refractivity contribution in [3.05, 3.63) is 16.7 Å². The highest BCUT2D eigenvalue weighted by Gasteiger charge is 2.41. The first-order valence-electron chi connectivity index (χ1n) is 7.20. The Balaban J connectivity index is 2.28. The van der Waals surface area contributed by atoms with Crippen LogP contribution in [0.3, 0.4) is 0 Å². The van der Waals surface area contributed by atoms with Gasteiger partial charge in [0.1, 0.15) is 0 Å². The number of benzene rings is 1. The van der Waals surface area contributed by atoms with E-state index in [0.717, 1.165) is 18.4 Å². The second-order valence-electron chi connectivity index (χ2n) is 5.35.